The van der Waals surface area contributed by atoms with E-state index in [9.17, 15) is 26.4 Å². The maximum atomic E-state index is 13.6. The number of unbranched alkanes of at least 4 members (excludes halogenated alkanes) is 2. The van der Waals surface area contributed by atoms with Gasteiger partial charge in [-0.2, -0.15) is 0 Å². The number of thioether (sulfide) groups is 2. The Kier molecular flexibility index (Phi) is 18.2. The molecule has 356 valence electrons. The van der Waals surface area contributed by atoms with E-state index in [2.05, 4.69) is 33.1 Å². The zero-order chi connectivity index (χ0) is 48.1. The van der Waals surface area contributed by atoms with Crippen molar-refractivity contribution in [2.45, 2.75) is 110 Å². The van der Waals surface area contributed by atoms with Crippen LogP contribution < -0.4 is 28.7 Å². The molecule has 2 atom stereocenters. The first kappa shape index (κ1) is 52.0. The highest BCUT2D eigenvalue weighted by atomic mass is 32.2. The largest absolute Gasteiger partial charge is 0.478 e. The molecule has 2 aliphatic rings. The predicted molar refractivity (Wildman–Crippen MR) is 264 cm³/mol. The summed E-state index contributed by atoms with van der Waals surface area (Å²) in [6.45, 7) is 9.19. The number of benzene rings is 4. The molecule has 66 heavy (non-hydrogen) atoms. The van der Waals surface area contributed by atoms with Crippen LogP contribution in [0.2, 0.25) is 0 Å². The molecule has 0 amide bonds. The summed E-state index contributed by atoms with van der Waals surface area (Å²) in [5.41, 5.74) is 1.68. The van der Waals surface area contributed by atoms with Gasteiger partial charge in [0, 0.05) is 36.6 Å². The van der Waals surface area contributed by atoms with Crippen LogP contribution in [-0.2, 0) is 29.6 Å². The third-order valence-electron chi connectivity index (χ3n) is 11.6. The zero-order valence-electron chi connectivity index (χ0n) is 38.2. The van der Waals surface area contributed by atoms with Crippen LogP contribution >= 0.6 is 23.5 Å². The van der Waals surface area contributed by atoms with Crippen LogP contribution in [0.5, 0.6) is 11.5 Å². The maximum absolute atomic E-state index is 13.6. The smallest absolute Gasteiger partial charge is 0.331 e. The quantitative estimate of drug-likeness (QED) is 0.0418. The molecule has 0 unspecified atom stereocenters. The summed E-state index contributed by atoms with van der Waals surface area (Å²) in [5, 5.41) is 17.7. The Hall–Kier alpha value is -4.98. The van der Waals surface area contributed by atoms with Gasteiger partial charge in [-0.15, -0.1) is 23.5 Å². The number of hydrogen-bond donors (Lipinski definition) is 4. The Bertz CT molecular complexity index is 2420. The Morgan fingerprint density at radius 2 is 1.00 bits per heavy atom. The number of nitrogens with one attached hydrogen (secondary N) is 2. The molecule has 14 nitrogen and oxygen atoms in total. The average Bonchev–Trinajstić information content (AvgIpc) is 3.47. The number of para-hydroxylation sites is 2. The van der Waals surface area contributed by atoms with Gasteiger partial charge in [0.15, 0.2) is 0 Å². The van der Waals surface area contributed by atoms with E-state index < -0.39 is 43.1 Å². The average molecular weight is 981 g/mol. The first-order valence-corrected chi connectivity index (χ1v) is 27.2. The van der Waals surface area contributed by atoms with E-state index in [0.29, 0.717) is 47.1 Å². The summed E-state index contributed by atoms with van der Waals surface area (Å²) in [7, 11) is -7.76. The number of carbonyl (C=O) groups is 2. The van der Waals surface area contributed by atoms with E-state index >= 15 is 0 Å². The van der Waals surface area contributed by atoms with Crippen molar-refractivity contribution in [3.05, 3.63) is 110 Å². The highest BCUT2D eigenvalue weighted by Crippen LogP contribution is 2.45. The predicted octanol–water partition coefficient (Wildman–Crippen LogP) is 10.3. The normalized spacial score (nSPS) is 19.8. The molecule has 6 rings (SSSR count). The fraction of sp³-hybridized carbons (Fsp3) is 0.375. The molecule has 0 radical (unpaired) electrons. The number of carboxylic acid groups (broad SMARTS) is 2. The van der Waals surface area contributed by atoms with Gasteiger partial charge in [-0.3, -0.25) is 0 Å². The minimum absolute atomic E-state index is 0.106. The summed E-state index contributed by atoms with van der Waals surface area (Å²) in [6, 6.07) is 26.1. The Morgan fingerprint density at radius 3 is 1.30 bits per heavy atom. The number of sulfonamides is 2. The Morgan fingerprint density at radius 1 is 0.636 bits per heavy atom. The molecule has 0 aromatic heterocycles. The first-order chi connectivity index (χ1) is 31.5. The molecular weight excluding hydrogens is 921 g/mol. The topological polar surface area (TPSA) is 192 Å². The molecule has 2 aliphatic heterocycles. The fourth-order valence-electron chi connectivity index (χ4n) is 7.96. The van der Waals surface area contributed by atoms with Gasteiger partial charge in [-0.1, -0.05) is 89.8 Å². The van der Waals surface area contributed by atoms with Gasteiger partial charge in [0.05, 0.1) is 56.9 Å². The van der Waals surface area contributed by atoms with Crippen molar-refractivity contribution >= 4 is 78.3 Å². The third-order valence-corrected chi connectivity index (χ3v) is 16.3. The van der Waals surface area contributed by atoms with Gasteiger partial charge in [-0.25, -0.2) is 35.9 Å². The Labute approximate surface area is 398 Å². The Balaban J connectivity index is 0.000000247. The van der Waals surface area contributed by atoms with Gasteiger partial charge < -0.3 is 29.5 Å². The SMILES string of the molecule is CCCC[C@@]1(CC)CN(c2ccccc2)c2cc(SC)c(O/C=C/C(=O)O)cc2S(=O)(=O)N1.CCCC[C@]1(CC)CN(c2ccccc2)c2cc(SC)c(O/C=C/C(=O)O)cc2S(=O)(=O)N1. The molecule has 4 aromatic carbocycles. The minimum Gasteiger partial charge on any atom is -0.478 e. The number of rotatable bonds is 18. The number of ether oxygens (including phenoxy) is 2. The zero-order valence-corrected chi connectivity index (χ0v) is 41.4. The van der Waals surface area contributed by atoms with Gasteiger partial charge in [0.1, 0.15) is 21.3 Å². The molecule has 4 aromatic rings. The van der Waals surface area contributed by atoms with Gasteiger partial charge in [-0.05, 0) is 74.6 Å². The lowest BCUT2D eigenvalue weighted by Crippen LogP contribution is -2.52. The fourth-order valence-corrected chi connectivity index (χ4v) is 12.4. The molecule has 2 heterocycles. The number of fused-ring (bicyclic) bond motifs is 2. The lowest BCUT2D eigenvalue weighted by atomic mass is 9.89. The standard InChI is InChI=1S/2C24H30N2O5S2/c2*1-4-6-13-24(5-2)17-26(18-10-8-7-9-11-18)19-15-21(32-3)20(31-14-12-23(27)28)16-22(19)33(29,30)25-24/h2*7-12,14-16,25H,4-6,13,17H2,1-3H3,(H,27,28)/b2*14-12+/t2*24-/m10/s1. The number of hydrogen-bond acceptors (Lipinski definition) is 12. The van der Waals surface area contributed by atoms with Crippen LogP contribution in [0.25, 0.3) is 0 Å². The van der Waals surface area contributed by atoms with E-state index in [0.717, 1.165) is 74.6 Å². The van der Waals surface area contributed by atoms with E-state index in [1.807, 2.05) is 99.2 Å². The lowest BCUT2D eigenvalue weighted by Gasteiger charge is -2.36. The number of nitrogens with zero attached hydrogens (tertiary/aromatic N) is 2. The van der Waals surface area contributed by atoms with E-state index in [1.54, 1.807) is 0 Å². The van der Waals surface area contributed by atoms with E-state index in [4.69, 9.17) is 19.7 Å². The van der Waals surface area contributed by atoms with Gasteiger partial charge in [0.25, 0.3) is 0 Å². The van der Waals surface area contributed by atoms with Crippen LogP contribution in [0, 0.1) is 0 Å². The molecule has 0 spiro atoms. The van der Waals surface area contributed by atoms with Crippen molar-refractivity contribution in [2.24, 2.45) is 0 Å². The van der Waals surface area contributed by atoms with Gasteiger partial charge in [0.2, 0.25) is 20.0 Å². The number of aliphatic carboxylic acids is 2. The lowest BCUT2D eigenvalue weighted by molar-refractivity contribution is -0.132. The van der Waals surface area contributed by atoms with E-state index in [-0.39, 0.29) is 21.3 Å². The molecule has 0 fully saturated rings. The third kappa shape index (κ3) is 12.7. The number of anilines is 4. The van der Waals surface area contributed by atoms with Crippen molar-refractivity contribution in [3.63, 3.8) is 0 Å². The summed E-state index contributed by atoms with van der Waals surface area (Å²) >= 11 is 2.81. The van der Waals surface area contributed by atoms with Crippen molar-refractivity contribution < 1.29 is 46.1 Å². The van der Waals surface area contributed by atoms with Crippen molar-refractivity contribution in [2.75, 3.05) is 35.4 Å². The molecule has 0 saturated heterocycles. The summed E-state index contributed by atoms with van der Waals surface area (Å²) in [6.07, 6.45) is 14.0. The molecule has 0 bridgehead atoms. The summed E-state index contributed by atoms with van der Waals surface area (Å²) in [5.74, 6) is -1.73. The highest BCUT2D eigenvalue weighted by Gasteiger charge is 2.43. The van der Waals surface area contributed by atoms with Crippen LogP contribution in [0.1, 0.15) is 79.1 Å². The molecule has 0 saturated carbocycles. The first-order valence-electron chi connectivity index (χ1n) is 21.8. The van der Waals surface area contributed by atoms with Crippen molar-refractivity contribution in [1.29, 1.82) is 0 Å². The summed E-state index contributed by atoms with van der Waals surface area (Å²) in [4.78, 5) is 27.4. The second kappa shape index (κ2) is 23.2. The monoisotopic (exact) mass is 980 g/mol. The van der Waals surface area contributed by atoms with Crippen molar-refractivity contribution in [3.8, 4) is 11.5 Å². The maximum Gasteiger partial charge on any atom is 0.331 e. The molecule has 4 N–H and O–H groups in total. The molecule has 0 aliphatic carbocycles. The molecule has 18 heteroatoms. The van der Waals surface area contributed by atoms with Crippen LogP contribution in [-0.4, -0.2) is 75.7 Å². The highest BCUT2D eigenvalue weighted by molar-refractivity contribution is 7.99. The van der Waals surface area contributed by atoms with Crippen molar-refractivity contribution in [1.82, 2.24) is 9.44 Å². The van der Waals surface area contributed by atoms with E-state index in [1.165, 1.54) is 35.7 Å². The second-order valence-electron chi connectivity index (χ2n) is 16.0. The molecular formula is C48H60N4O10S4. The summed E-state index contributed by atoms with van der Waals surface area (Å²) < 4.78 is 71.6. The van der Waals surface area contributed by atoms with Gasteiger partial charge >= 0.3 is 11.9 Å². The number of carboxylic acids is 2. The van der Waals surface area contributed by atoms with Crippen LogP contribution in [0.4, 0.5) is 22.7 Å². The minimum atomic E-state index is -3.88. The van der Waals surface area contributed by atoms with Crippen LogP contribution in [0.15, 0.2) is 129 Å². The second-order valence-corrected chi connectivity index (χ2v) is 21.0. The van der Waals surface area contributed by atoms with Crippen LogP contribution in [0.3, 0.4) is 0 Å².